The molecule has 27 heavy (non-hydrogen) atoms. The largest absolute Gasteiger partial charge is 0.351 e. The van der Waals surface area contributed by atoms with Crippen LogP contribution in [0.25, 0.3) is 0 Å². The first kappa shape index (κ1) is 19.1. The fourth-order valence-electron chi connectivity index (χ4n) is 3.25. The van der Waals surface area contributed by atoms with E-state index >= 15 is 0 Å². The maximum Gasteiger partial charge on any atom is 0.253 e. The van der Waals surface area contributed by atoms with Gasteiger partial charge in [-0.25, -0.2) is 0 Å². The van der Waals surface area contributed by atoms with E-state index in [0.717, 1.165) is 43.9 Å². The number of carbonyl (C=O) groups excluding carboxylic acids is 2. The zero-order valence-electron chi connectivity index (χ0n) is 16.1. The number of nitrogens with one attached hydrogen (secondary N) is 1. The third kappa shape index (κ3) is 4.95. The fourth-order valence-corrected chi connectivity index (χ4v) is 3.25. The molecule has 0 aliphatic carbocycles. The van der Waals surface area contributed by atoms with Crippen LogP contribution in [0.5, 0.6) is 0 Å². The Morgan fingerprint density at radius 2 is 1.59 bits per heavy atom. The monoisotopic (exact) mass is 365 g/mol. The van der Waals surface area contributed by atoms with Crippen LogP contribution in [0.1, 0.15) is 31.8 Å². The highest BCUT2D eigenvalue weighted by Crippen LogP contribution is 2.10. The summed E-state index contributed by atoms with van der Waals surface area (Å²) in [7, 11) is 0. The molecule has 142 valence electrons. The molecule has 0 atom stereocenters. The second-order valence-electron chi connectivity index (χ2n) is 7.05. The number of hydrogen-bond donors (Lipinski definition) is 1. The molecule has 0 spiro atoms. The third-order valence-electron chi connectivity index (χ3n) is 5.16. The molecule has 5 nitrogen and oxygen atoms in total. The summed E-state index contributed by atoms with van der Waals surface area (Å²) in [4.78, 5) is 28.9. The number of carbonyl (C=O) groups is 2. The van der Waals surface area contributed by atoms with Crippen LogP contribution in [-0.4, -0.2) is 60.9 Å². The van der Waals surface area contributed by atoms with Gasteiger partial charge in [0.25, 0.3) is 11.8 Å². The second-order valence-corrected chi connectivity index (χ2v) is 7.05. The number of nitrogens with zero attached hydrogens (tertiary/aromatic N) is 2. The van der Waals surface area contributed by atoms with Crippen molar-refractivity contribution in [2.75, 3.05) is 39.3 Å². The first-order valence-corrected chi connectivity index (χ1v) is 9.47. The summed E-state index contributed by atoms with van der Waals surface area (Å²) in [5.74, 6) is 0.0642. The smallest absolute Gasteiger partial charge is 0.253 e. The fraction of sp³-hybridized carbons (Fsp3) is 0.364. The highest BCUT2D eigenvalue weighted by atomic mass is 16.2. The minimum Gasteiger partial charge on any atom is -0.351 e. The van der Waals surface area contributed by atoms with Gasteiger partial charge in [-0.05, 0) is 49.2 Å². The van der Waals surface area contributed by atoms with Gasteiger partial charge in [-0.1, -0.05) is 24.3 Å². The lowest BCUT2D eigenvalue weighted by Crippen LogP contribution is -2.50. The van der Waals surface area contributed by atoms with Gasteiger partial charge in [0.2, 0.25) is 0 Å². The van der Waals surface area contributed by atoms with Gasteiger partial charge >= 0.3 is 0 Å². The summed E-state index contributed by atoms with van der Waals surface area (Å²) < 4.78 is 0. The van der Waals surface area contributed by atoms with E-state index < -0.39 is 0 Å². The van der Waals surface area contributed by atoms with Gasteiger partial charge in [-0.2, -0.15) is 0 Å². The highest BCUT2D eigenvalue weighted by Gasteiger charge is 2.21. The average Bonchev–Trinajstić information content (AvgIpc) is 2.70. The van der Waals surface area contributed by atoms with Crippen LogP contribution in [0, 0.1) is 13.8 Å². The van der Waals surface area contributed by atoms with Gasteiger partial charge in [0.1, 0.15) is 0 Å². The summed E-state index contributed by atoms with van der Waals surface area (Å²) in [5.41, 5.74) is 3.76. The molecule has 0 unspecified atom stereocenters. The second kappa shape index (κ2) is 8.82. The normalized spacial score (nSPS) is 14.8. The zero-order chi connectivity index (χ0) is 19.2. The minimum absolute atomic E-state index is 0.0315. The Hall–Kier alpha value is -2.66. The molecule has 3 rings (SSSR count). The molecule has 2 aromatic rings. The van der Waals surface area contributed by atoms with Gasteiger partial charge in [0.15, 0.2) is 0 Å². The maximum atomic E-state index is 12.5. The van der Waals surface area contributed by atoms with E-state index in [1.807, 2.05) is 67.3 Å². The molecule has 5 heteroatoms. The molecular weight excluding hydrogens is 338 g/mol. The van der Waals surface area contributed by atoms with Crippen molar-refractivity contribution in [2.45, 2.75) is 13.8 Å². The van der Waals surface area contributed by atoms with Crippen molar-refractivity contribution in [1.29, 1.82) is 0 Å². The van der Waals surface area contributed by atoms with E-state index in [2.05, 4.69) is 10.2 Å². The van der Waals surface area contributed by atoms with Crippen LogP contribution in [0.2, 0.25) is 0 Å². The van der Waals surface area contributed by atoms with E-state index in [0.29, 0.717) is 12.1 Å². The van der Waals surface area contributed by atoms with Crippen molar-refractivity contribution in [1.82, 2.24) is 15.1 Å². The average molecular weight is 365 g/mol. The van der Waals surface area contributed by atoms with Crippen LogP contribution in [0.15, 0.2) is 48.5 Å². The van der Waals surface area contributed by atoms with Gasteiger partial charge in [-0.3, -0.25) is 14.5 Å². The molecule has 1 saturated heterocycles. The Balaban J connectivity index is 1.41. The van der Waals surface area contributed by atoms with E-state index in [1.165, 1.54) is 5.56 Å². The third-order valence-corrected chi connectivity index (χ3v) is 5.16. The highest BCUT2D eigenvalue weighted by molar-refractivity contribution is 5.94. The molecule has 0 radical (unpaired) electrons. The minimum atomic E-state index is -0.0315. The van der Waals surface area contributed by atoms with E-state index in [1.54, 1.807) is 0 Å². The van der Waals surface area contributed by atoms with Crippen molar-refractivity contribution < 1.29 is 9.59 Å². The van der Waals surface area contributed by atoms with Crippen LogP contribution < -0.4 is 5.32 Å². The van der Waals surface area contributed by atoms with E-state index in [-0.39, 0.29) is 11.8 Å². The lowest BCUT2D eigenvalue weighted by atomic mass is 10.1. The molecule has 1 heterocycles. The molecule has 0 bridgehead atoms. The summed E-state index contributed by atoms with van der Waals surface area (Å²) in [5, 5.41) is 2.99. The summed E-state index contributed by atoms with van der Waals surface area (Å²) in [6, 6.07) is 15.2. The summed E-state index contributed by atoms with van der Waals surface area (Å²) in [6.07, 6.45) is 0. The molecule has 1 aliphatic heterocycles. The molecule has 1 N–H and O–H groups in total. The summed E-state index contributed by atoms with van der Waals surface area (Å²) >= 11 is 0. The molecule has 2 amide bonds. The zero-order valence-corrected chi connectivity index (χ0v) is 16.1. The van der Waals surface area contributed by atoms with Crippen LogP contribution in [0.4, 0.5) is 0 Å². The van der Waals surface area contributed by atoms with Crippen molar-refractivity contribution >= 4 is 11.8 Å². The molecule has 1 aliphatic rings. The summed E-state index contributed by atoms with van der Waals surface area (Å²) in [6.45, 7) is 8.57. The number of piperazine rings is 1. The number of hydrogen-bond acceptors (Lipinski definition) is 3. The molecule has 1 fully saturated rings. The van der Waals surface area contributed by atoms with Crippen molar-refractivity contribution in [2.24, 2.45) is 0 Å². The number of aryl methyl sites for hydroxylation is 2. The van der Waals surface area contributed by atoms with Gasteiger partial charge < -0.3 is 10.2 Å². The van der Waals surface area contributed by atoms with Crippen molar-refractivity contribution in [3.8, 4) is 0 Å². The maximum absolute atomic E-state index is 12.5. The first-order chi connectivity index (χ1) is 13.0. The lowest BCUT2D eigenvalue weighted by molar-refractivity contribution is 0.0638. The van der Waals surface area contributed by atoms with Crippen molar-refractivity contribution in [3.63, 3.8) is 0 Å². The number of benzene rings is 2. The number of amides is 2. The lowest BCUT2D eigenvalue weighted by Gasteiger charge is -2.34. The molecular formula is C22H27N3O2. The quantitative estimate of drug-likeness (QED) is 0.886. The number of rotatable bonds is 5. The Bertz CT molecular complexity index is 796. The first-order valence-electron chi connectivity index (χ1n) is 9.47. The van der Waals surface area contributed by atoms with Crippen LogP contribution >= 0.6 is 0 Å². The SMILES string of the molecule is Cc1ccc(C(=O)NCCN2CCN(C(=O)c3ccccc3)CC2)cc1C. The van der Waals surface area contributed by atoms with Gasteiger partial charge in [-0.15, -0.1) is 0 Å². The Kier molecular flexibility index (Phi) is 6.24. The molecule has 2 aromatic carbocycles. The van der Waals surface area contributed by atoms with Gasteiger partial charge in [0.05, 0.1) is 0 Å². The van der Waals surface area contributed by atoms with E-state index in [9.17, 15) is 9.59 Å². The van der Waals surface area contributed by atoms with Crippen LogP contribution in [0.3, 0.4) is 0 Å². The predicted octanol–water partition coefficient (Wildman–Crippen LogP) is 2.49. The standard InChI is InChI=1S/C22H27N3O2/c1-17-8-9-20(16-18(17)2)21(26)23-10-11-24-12-14-25(15-13-24)22(27)19-6-4-3-5-7-19/h3-9,16H,10-15H2,1-2H3,(H,23,26). The van der Waals surface area contributed by atoms with Crippen molar-refractivity contribution in [3.05, 3.63) is 70.8 Å². The topological polar surface area (TPSA) is 52.7 Å². The Morgan fingerprint density at radius 1 is 0.889 bits per heavy atom. The van der Waals surface area contributed by atoms with Crippen LogP contribution in [-0.2, 0) is 0 Å². The molecule has 0 aromatic heterocycles. The Labute approximate surface area is 161 Å². The molecule has 0 saturated carbocycles. The van der Waals surface area contributed by atoms with E-state index in [4.69, 9.17) is 0 Å². The van der Waals surface area contributed by atoms with Gasteiger partial charge in [0, 0.05) is 50.4 Å². The Morgan fingerprint density at radius 3 is 2.26 bits per heavy atom. The predicted molar refractivity (Wildman–Crippen MR) is 107 cm³/mol.